The third kappa shape index (κ3) is 4.68. The van der Waals surface area contributed by atoms with Gasteiger partial charge in [0, 0.05) is 6.54 Å². The Labute approximate surface area is 149 Å². The summed E-state index contributed by atoms with van der Waals surface area (Å²) >= 11 is 0. The summed E-state index contributed by atoms with van der Waals surface area (Å²) in [6.45, 7) is 6.58. The van der Waals surface area contributed by atoms with E-state index in [0.29, 0.717) is 12.1 Å². The van der Waals surface area contributed by atoms with Crippen molar-refractivity contribution in [3.8, 4) is 17.2 Å². The first-order valence-electron chi connectivity index (χ1n) is 8.26. The van der Waals surface area contributed by atoms with Gasteiger partial charge in [0.2, 0.25) is 0 Å². The lowest BCUT2D eigenvalue weighted by Gasteiger charge is -2.29. The van der Waals surface area contributed by atoms with Crippen molar-refractivity contribution in [3.05, 3.63) is 59.7 Å². The molecule has 0 fully saturated rings. The van der Waals surface area contributed by atoms with Crippen molar-refractivity contribution in [2.45, 2.75) is 33.4 Å². The first kappa shape index (κ1) is 18.7. The molecule has 2 aromatic carbocycles. The zero-order valence-electron chi connectivity index (χ0n) is 15.2. The summed E-state index contributed by atoms with van der Waals surface area (Å²) in [5, 5.41) is 12.5. The molecule has 0 saturated heterocycles. The standard InChI is InChI=1S/C21H24N2O2/c1-21(2,3)19(20(24)25-4)23-14-15-9-11-16(12-10-15)18-8-6-5-7-17(18)13-22/h5-12,19,23H,14H2,1-4H3/t19-/m1/s1. The first-order valence-corrected chi connectivity index (χ1v) is 8.26. The van der Waals surface area contributed by atoms with Crippen molar-refractivity contribution in [1.82, 2.24) is 5.32 Å². The second kappa shape index (κ2) is 7.96. The number of carbonyl (C=O) groups excluding carboxylic acids is 1. The van der Waals surface area contributed by atoms with Crippen molar-refractivity contribution in [2.75, 3.05) is 7.11 Å². The molecule has 1 atom stereocenters. The average molecular weight is 336 g/mol. The van der Waals surface area contributed by atoms with Gasteiger partial charge in [-0.15, -0.1) is 0 Å². The number of carbonyl (C=O) groups is 1. The van der Waals surface area contributed by atoms with Crippen LogP contribution in [0.3, 0.4) is 0 Å². The first-order chi connectivity index (χ1) is 11.9. The molecule has 0 spiro atoms. The van der Waals surface area contributed by atoms with Crippen molar-refractivity contribution >= 4 is 5.97 Å². The van der Waals surface area contributed by atoms with Crippen molar-refractivity contribution < 1.29 is 9.53 Å². The number of methoxy groups -OCH3 is 1. The van der Waals surface area contributed by atoms with Gasteiger partial charge in [-0.3, -0.25) is 10.1 Å². The summed E-state index contributed by atoms with van der Waals surface area (Å²) in [6, 6.07) is 17.4. The predicted molar refractivity (Wildman–Crippen MR) is 98.7 cm³/mol. The third-order valence-electron chi connectivity index (χ3n) is 4.13. The molecule has 0 amide bonds. The minimum absolute atomic E-state index is 0.237. The van der Waals surface area contributed by atoms with Gasteiger partial charge in [0.1, 0.15) is 6.04 Å². The molecule has 25 heavy (non-hydrogen) atoms. The van der Waals surface area contributed by atoms with Crippen LogP contribution in [-0.2, 0) is 16.1 Å². The predicted octanol–water partition coefficient (Wildman–Crippen LogP) is 3.90. The van der Waals surface area contributed by atoms with E-state index in [2.05, 4.69) is 11.4 Å². The highest BCUT2D eigenvalue weighted by Gasteiger charge is 2.31. The van der Waals surface area contributed by atoms with Crippen molar-refractivity contribution in [2.24, 2.45) is 5.41 Å². The maximum atomic E-state index is 12.0. The topological polar surface area (TPSA) is 62.1 Å². The van der Waals surface area contributed by atoms with Gasteiger partial charge in [-0.25, -0.2) is 0 Å². The molecule has 0 bridgehead atoms. The summed E-state index contributed by atoms with van der Waals surface area (Å²) in [5.74, 6) is -0.257. The lowest BCUT2D eigenvalue weighted by molar-refractivity contribution is -0.146. The molecule has 0 unspecified atom stereocenters. The molecule has 130 valence electrons. The van der Waals surface area contributed by atoms with Crippen LogP contribution in [0.5, 0.6) is 0 Å². The van der Waals surface area contributed by atoms with E-state index in [1.54, 1.807) is 0 Å². The van der Waals surface area contributed by atoms with Crippen molar-refractivity contribution in [3.63, 3.8) is 0 Å². The van der Waals surface area contributed by atoms with Gasteiger partial charge in [-0.1, -0.05) is 63.2 Å². The number of nitriles is 1. The van der Waals surface area contributed by atoms with Crippen LogP contribution in [0.2, 0.25) is 0 Å². The summed E-state index contributed by atoms with van der Waals surface area (Å²) in [5.41, 5.74) is 3.41. The molecule has 0 aliphatic heterocycles. The van der Waals surface area contributed by atoms with E-state index >= 15 is 0 Å². The fourth-order valence-corrected chi connectivity index (χ4v) is 2.72. The summed E-state index contributed by atoms with van der Waals surface area (Å²) in [4.78, 5) is 12.0. The molecule has 0 aliphatic rings. The van der Waals surface area contributed by atoms with Crippen LogP contribution in [0.25, 0.3) is 11.1 Å². The fraction of sp³-hybridized carbons (Fsp3) is 0.333. The highest BCUT2D eigenvalue weighted by atomic mass is 16.5. The van der Waals surface area contributed by atoms with E-state index < -0.39 is 0 Å². The monoisotopic (exact) mass is 336 g/mol. The van der Waals surface area contributed by atoms with Gasteiger partial charge in [0.15, 0.2) is 0 Å². The molecular formula is C21H24N2O2. The minimum Gasteiger partial charge on any atom is -0.468 e. The lowest BCUT2D eigenvalue weighted by Crippen LogP contribution is -2.46. The molecule has 0 aromatic heterocycles. The lowest BCUT2D eigenvalue weighted by atomic mass is 9.86. The number of nitrogens with zero attached hydrogens (tertiary/aromatic N) is 1. The van der Waals surface area contributed by atoms with Crippen LogP contribution in [0.15, 0.2) is 48.5 Å². The normalized spacial score (nSPS) is 12.3. The second-order valence-corrected chi connectivity index (χ2v) is 7.06. The van der Waals surface area contributed by atoms with E-state index in [1.165, 1.54) is 7.11 Å². The van der Waals surface area contributed by atoms with Gasteiger partial charge in [-0.2, -0.15) is 5.26 Å². The van der Waals surface area contributed by atoms with E-state index in [0.717, 1.165) is 16.7 Å². The Bertz CT molecular complexity index is 768. The van der Waals surface area contributed by atoms with Crippen LogP contribution in [0.1, 0.15) is 31.9 Å². The van der Waals surface area contributed by atoms with E-state index in [4.69, 9.17) is 4.74 Å². The highest BCUT2D eigenvalue weighted by molar-refractivity contribution is 5.76. The Morgan fingerprint density at radius 3 is 2.36 bits per heavy atom. The molecule has 0 heterocycles. The summed E-state index contributed by atoms with van der Waals surface area (Å²) < 4.78 is 4.90. The third-order valence-corrected chi connectivity index (χ3v) is 4.13. The number of benzene rings is 2. The fourth-order valence-electron chi connectivity index (χ4n) is 2.72. The number of hydrogen-bond donors (Lipinski definition) is 1. The number of hydrogen-bond acceptors (Lipinski definition) is 4. The van der Waals surface area contributed by atoms with Gasteiger partial charge < -0.3 is 4.74 Å². The van der Waals surface area contributed by atoms with Gasteiger partial charge >= 0.3 is 5.97 Å². The van der Waals surface area contributed by atoms with Crippen LogP contribution in [0.4, 0.5) is 0 Å². The van der Waals surface area contributed by atoms with Crippen molar-refractivity contribution in [1.29, 1.82) is 5.26 Å². The maximum Gasteiger partial charge on any atom is 0.323 e. The zero-order valence-corrected chi connectivity index (χ0v) is 15.2. The van der Waals surface area contributed by atoms with E-state index in [1.807, 2.05) is 69.3 Å². The Morgan fingerprint density at radius 1 is 1.16 bits per heavy atom. The van der Waals surface area contributed by atoms with Gasteiger partial charge in [-0.05, 0) is 28.2 Å². The number of ether oxygens (including phenoxy) is 1. The number of esters is 1. The number of rotatable bonds is 5. The van der Waals surface area contributed by atoms with Crippen LogP contribution < -0.4 is 5.32 Å². The maximum absolute atomic E-state index is 12.0. The zero-order chi connectivity index (χ0) is 18.4. The Hall–Kier alpha value is -2.64. The molecule has 0 radical (unpaired) electrons. The summed E-state index contributed by atoms with van der Waals surface area (Å²) in [7, 11) is 1.41. The molecule has 4 nitrogen and oxygen atoms in total. The highest BCUT2D eigenvalue weighted by Crippen LogP contribution is 2.24. The second-order valence-electron chi connectivity index (χ2n) is 7.06. The Balaban J connectivity index is 2.13. The molecule has 0 aliphatic carbocycles. The average Bonchev–Trinajstić information content (AvgIpc) is 2.61. The largest absolute Gasteiger partial charge is 0.468 e. The van der Waals surface area contributed by atoms with Gasteiger partial charge in [0.25, 0.3) is 0 Å². The molecule has 0 saturated carbocycles. The minimum atomic E-state index is -0.378. The molecule has 4 heteroatoms. The van der Waals surface area contributed by atoms with E-state index in [9.17, 15) is 10.1 Å². The smallest absolute Gasteiger partial charge is 0.323 e. The van der Waals surface area contributed by atoms with Gasteiger partial charge in [0.05, 0.1) is 18.7 Å². The van der Waals surface area contributed by atoms with Crippen LogP contribution in [-0.4, -0.2) is 19.1 Å². The quantitative estimate of drug-likeness (QED) is 0.841. The molecule has 2 rings (SSSR count). The molecule has 1 N–H and O–H groups in total. The van der Waals surface area contributed by atoms with Crippen LogP contribution >= 0.6 is 0 Å². The van der Waals surface area contributed by atoms with E-state index in [-0.39, 0.29) is 17.4 Å². The summed E-state index contributed by atoms with van der Waals surface area (Å²) in [6.07, 6.45) is 0. The Morgan fingerprint density at radius 2 is 1.80 bits per heavy atom. The molecular weight excluding hydrogens is 312 g/mol. The molecule has 2 aromatic rings. The SMILES string of the molecule is COC(=O)[C@@H](NCc1ccc(-c2ccccc2C#N)cc1)C(C)(C)C. The Kier molecular flexibility index (Phi) is 5.95. The number of nitrogens with one attached hydrogen (secondary N) is 1. The van der Waals surface area contributed by atoms with Crippen LogP contribution in [0, 0.1) is 16.7 Å².